The Hall–Kier alpha value is -2.24. The van der Waals surface area contributed by atoms with Gasteiger partial charge in [0, 0.05) is 12.8 Å². The van der Waals surface area contributed by atoms with Gasteiger partial charge in [-0.3, -0.25) is 14.4 Å². The molecule has 15 nitrogen and oxygen atoms in total. The SMILES string of the molecule is CCCCCCCC(=O)OCCOCCOCCOCCOCCOCCOCCOCCOCCOC(=O)CCC(=O)C(=O)O. The second kappa shape index (κ2) is 35.6. The average Bonchev–Trinajstić information content (AvgIpc) is 3.04. The van der Waals surface area contributed by atoms with Crippen LogP contribution in [0.5, 0.6) is 0 Å². The average molecular weight is 669 g/mol. The molecule has 0 aromatic rings. The lowest BCUT2D eigenvalue weighted by molar-refractivity contribution is -0.151. The third-order valence-corrected chi connectivity index (χ3v) is 5.86. The molecular formula is C31H56O15. The largest absolute Gasteiger partial charge is 0.476 e. The van der Waals surface area contributed by atoms with E-state index in [1.807, 2.05) is 0 Å². The van der Waals surface area contributed by atoms with Crippen LogP contribution < -0.4 is 0 Å². The number of hydrogen-bond donors (Lipinski definition) is 1. The van der Waals surface area contributed by atoms with Crippen LogP contribution in [-0.2, 0) is 66.5 Å². The van der Waals surface area contributed by atoms with Gasteiger partial charge in [-0.25, -0.2) is 4.79 Å². The first-order valence-electron chi connectivity index (χ1n) is 16.2. The molecule has 270 valence electrons. The Morgan fingerprint density at radius 1 is 0.391 bits per heavy atom. The number of unbranched alkanes of at least 4 members (excludes halogenated alkanes) is 4. The van der Waals surface area contributed by atoms with Gasteiger partial charge in [0.15, 0.2) is 0 Å². The van der Waals surface area contributed by atoms with Crippen LogP contribution in [0, 0.1) is 0 Å². The molecule has 0 bridgehead atoms. The number of ether oxygens (including phenoxy) is 10. The lowest BCUT2D eigenvalue weighted by Gasteiger charge is -2.09. The summed E-state index contributed by atoms with van der Waals surface area (Å²) in [5.74, 6) is -3.40. The summed E-state index contributed by atoms with van der Waals surface area (Å²) in [7, 11) is 0. The van der Waals surface area contributed by atoms with Crippen LogP contribution in [0.1, 0.15) is 58.3 Å². The molecule has 0 aromatic heterocycles. The highest BCUT2D eigenvalue weighted by Crippen LogP contribution is 2.05. The van der Waals surface area contributed by atoms with E-state index in [9.17, 15) is 19.2 Å². The van der Waals surface area contributed by atoms with Crippen LogP contribution in [0.4, 0.5) is 0 Å². The summed E-state index contributed by atoms with van der Waals surface area (Å²) in [6.45, 7) is 8.97. The lowest BCUT2D eigenvalue weighted by Crippen LogP contribution is -2.17. The van der Waals surface area contributed by atoms with E-state index in [-0.39, 0.29) is 38.6 Å². The Labute approximate surface area is 272 Å². The predicted octanol–water partition coefficient (Wildman–Crippen LogP) is 2.00. The minimum absolute atomic E-state index is 0.0119. The number of esters is 2. The lowest BCUT2D eigenvalue weighted by atomic mass is 10.1. The maximum Gasteiger partial charge on any atom is 0.372 e. The minimum atomic E-state index is -1.56. The van der Waals surface area contributed by atoms with Crippen molar-refractivity contribution in [3.8, 4) is 0 Å². The normalized spacial score (nSPS) is 11.1. The second-order valence-electron chi connectivity index (χ2n) is 9.73. The fourth-order valence-corrected chi connectivity index (χ4v) is 3.41. The molecule has 0 saturated carbocycles. The van der Waals surface area contributed by atoms with Crippen LogP contribution >= 0.6 is 0 Å². The molecule has 46 heavy (non-hydrogen) atoms. The van der Waals surface area contributed by atoms with Gasteiger partial charge in [0.25, 0.3) is 0 Å². The highest BCUT2D eigenvalue weighted by molar-refractivity contribution is 6.32. The number of ketones is 1. The van der Waals surface area contributed by atoms with Crippen molar-refractivity contribution in [3.63, 3.8) is 0 Å². The van der Waals surface area contributed by atoms with Crippen LogP contribution in [0.25, 0.3) is 0 Å². The third kappa shape index (κ3) is 34.6. The molecule has 0 amide bonds. The molecule has 0 saturated heterocycles. The van der Waals surface area contributed by atoms with Gasteiger partial charge < -0.3 is 52.5 Å². The Kier molecular flexibility index (Phi) is 33.9. The predicted molar refractivity (Wildman–Crippen MR) is 164 cm³/mol. The summed E-state index contributed by atoms with van der Waals surface area (Å²) < 4.78 is 53.1. The number of Topliss-reactive ketones (excluding diaryl/α,β-unsaturated/α-hetero) is 1. The van der Waals surface area contributed by atoms with Crippen molar-refractivity contribution in [1.82, 2.24) is 0 Å². The Balaban J connectivity index is 3.16. The van der Waals surface area contributed by atoms with Crippen LogP contribution in [0.2, 0.25) is 0 Å². The summed E-state index contributed by atoms with van der Waals surface area (Å²) in [6, 6.07) is 0. The molecular weight excluding hydrogens is 612 g/mol. The fraction of sp³-hybridized carbons (Fsp3) is 0.871. The molecule has 0 rings (SSSR count). The zero-order chi connectivity index (χ0) is 33.8. The van der Waals surface area contributed by atoms with Crippen LogP contribution in [0.15, 0.2) is 0 Å². The summed E-state index contributed by atoms with van der Waals surface area (Å²) in [4.78, 5) is 44.2. The number of carbonyl (C=O) groups is 4. The van der Waals surface area contributed by atoms with Gasteiger partial charge in [-0.15, -0.1) is 0 Å². The molecule has 0 unspecified atom stereocenters. The number of rotatable bonds is 37. The quantitative estimate of drug-likeness (QED) is 0.0576. The smallest absolute Gasteiger partial charge is 0.372 e. The Morgan fingerprint density at radius 3 is 1.02 bits per heavy atom. The zero-order valence-corrected chi connectivity index (χ0v) is 27.5. The van der Waals surface area contributed by atoms with E-state index in [4.69, 9.17) is 52.5 Å². The number of hydrogen-bond acceptors (Lipinski definition) is 14. The molecule has 0 aromatic carbocycles. The molecule has 0 fully saturated rings. The van der Waals surface area contributed by atoms with Crippen molar-refractivity contribution in [2.75, 3.05) is 119 Å². The Morgan fingerprint density at radius 2 is 0.696 bits per heavy atom. The monoisotopic (exact) mass is 668 g/mol. The number of carbonyl (C=O) groups excluding carboxylic acids is 3. The molecule has 0 aliphatic heterocycles. The topological polar surface area (TPSA) is 181 Å². The van der Waals surface area contributed by atoms with E-state index in [1.54, 1.807) is 0 Å². The van der Waals surface area contributed by atoms with Crippen molar-refractivity contribution in [1.29, 1.82) is 0 Å². The van der Waals surface area contributed by atoms with Gasteiger partial charge in [-0.05, 0) is 6.42 Å². The van der Waals surface area contributed by atoms with Crippen molar-refractivity contribution in [3.05, 3.63) is 0 Å². The zero-order valence-electron chi connectivity index (χ0n) is 27.5. The van der Waals surface area contributed by atoms with Gasteiger partial charge in [-0.1, -0.05) is 32.6 Å². The number of aliphatic carboxylic acids is 1. The van der Waals surface area contributed by atoms with Crippen molar-refractivity contribution in [2.24, 2.45) is 0 Å². The first-order valence-corrected chi connectivity index (χ1v) is 16.2. The molecule has 0 radical (unpaired) electrons. The molecule has 15 heteroatoms. The highest BCUT2D eigenvalue weighted by Gasteiger charge is 2.14. The first kappa shape index (κ1) is 43.8. The van der Waals surface area contributed by atoms with Crippen molar-refractivity contribution in [2.45, 2.75) is 58.3 Å². The van der Waals surface area contributed by atoms with Crippen molar-refractivity contribution >= 4 is 23.7 Å². The van der Waals surface area contributed by atoms with E-state index in [1.165, 1.54) is 19.3 Å². The molecule has 0 atom stereocenters. The summed E-state index contributed by atoms with van der Waals surface area (Å²) in [5.41, 5.74) is 0. The molecule has 0 aliphatic rings. The van der Waals surface area contributed by atoms with Gasteiger partial charge in [-0.2, -0.15) is 0 Å². The first-order chi connectivity index (χ1) is 22.5. The maximum atomic E-state index is 11.6. The van der Waals surface area contributed by atoms with Gasteiger partial charge >= 0.3 is 17.9 Å². The van der Waals surface area contributed by atoms with Gasteiger partial charge in [0.05, 0.1) is 112 Å². The number of carboxylic acid groups (broad SMARTS) is 1. The van der Waals surface area contributed by atoms with E-state index >= 15 is 0 Å². The Bertz CT molecular complexity index is 735. The molecule has 0 aliphatic carbocycles. The molecule has 0 heterocycles. The summed E-state index contributed by atoms with van der Waals surface area (Å²) >= 11 is 0. The van der Waals surface area contributed by atoms with Crippen molar-refractivity contribution < 1.29 is 71.7 Å². The summed E-state index contributed by atoms with van der Waals surface area (Å²) in [5, 5.41) is 8.44. The summed E-state index contributed by atoms with van der Waals surface area (Å²) in [6.07, 6.45) is 5.34. The second-order valence-corrected chi connectivity index (χ2v) is 9.73. The van der Waals surface area contributed by atoms with Crippen LogP contribution in [-0.4, -0.2) is 148 Å². The van der Waals surface area contributed by atoms with E-state index in [2.05, 4.69) is 6.92 Å². The van der Waals surface area contributed by atoms with E-state index < -0.39 is 17.7 Å². The fourth-order valence-electron chi connectivity index (χ4n) is 3.41. The molecule has 0 spiro atoms. The van der Waals surface area contributed by atoms with E-state index in [0.717, 1.165) is 12.8 Å². The van der Waals surface area contributed by atoms with Gasteiger partial charge in [0.2, 0.25) is 5.78 Å². The maximum absolute atomic E-state index is 11.6. The minimum Gasteiger partial charge on any atom is -0.476 e. The van der Waals surface area contributed by atoms with Crippen LogP contribution in [0.3, 0.4) is 0 Å². The third-order valence-electron chi connectivity index (χ3n) is 5.86. The van der Waals surface area contributed by atoms with Gasteiger partial charge in [0.1, 0.15) is 13.2 Å². The standard InChI is InChI=1S/C31H56O15/c1-2-3-4-5-6-7-29(33)45-26-24-43-22-20-41-18-16-39-14-12-37-10-11-38-13-15-40-17-19-42-21-23-44-25-27-46-30(34)9-8-28(32)31(35)36/h2-27H2,1H3,(H,35,36). The molecule has 1 N–H and O–H groups in total. The highest BCUT2D eigenvalue weighted by atomic mass is 16.6. The van der Waals surface area contributed by atoms with E-state index in [0.29, 0.717) is 106 Å². The number of carboxylic acids is 1.